The summed E-state index contributed by atoms with van der Waals surface area (Å²) >= 11 is 0. The van der Waals surface area contributed by atoms with Gasteiger partial charge in [-0.3, -0.25) is 4.79 Å². The molecule has 0 aliphatic heterocycles. The monoisotopic (exact) mass is 404 g/mol. The number of aliphatic hydroxyl groups excluding tert-OH is 1. The van der Waals surface area contributed by atoms with Crippen LogP contribution in [0.25, 0.3) is 0 Å². The van der Waals surface area contributed by atoms with Crippen molar-refractivity contribution in [3.05, 3.63) is 71.8 Å². The molecule has 0 heterocycles. The molecule has 29 heavy (non-hydrogen) atoms. The van der Waals surface area contributed by atoms with Gasteiger partial charge in [-0.25, -0.2) is 9.59 Å². The number of methoxy groups -OCH3 is 1. The van der Waals surface area contributed by atoms with Gasteiger partial charge in [-0.1, -0.05) is 60.7 Å². The lowest BCUT2D eigenvalue weighted by Crippen LogP contribution is -2.34. The van der Waals surface area contributed by atoms with Gasteiger partial charge in [0.25, 0.3) is 0 Å². The second kappa shape index (κ2) is 12.9. The number of carbonyl (C=O) groups excluding carboxylic acids is 2. The number of hydrogen-bond acceptors (Lipinski definition) is 7. The molecule has 5 N–H and O–H groups in total. The second-order valence-electron chi connectivity index (χ2n) is 5.70. The van der Waals surface area contributed by atoms with Crippen molar-refractivity contribution in [1.29, 1.82) is 0 Å². The average Bonchev–Trinajstić information content (AvgIpc) is 2.76. The molecule has 2 aromatic carbocycles. The number of carboxylic acids is 1. The minimum Gasteiger partial charge on any atom is -0.480 e. The smallest absolute Gasteiger partial charge is 0.408 e. The van der Waals surface area contributed by atoms with Crippen molar-refractivity contribution in [3.8, 4) is 0 Å². The molecular weight excluding hydrogens is 380 g/mol. The molecule has 0 aliphatic rings. The van der Waals surface area contributed by atoms with Crippen LogP contribution in [0.4, 0.5) is 4.79 Å². The van der Waals surface area contributed by atoms with Gasteiger partial charge in [-0.2, -0.15) is 0 Å². The quantitative estimate of drug-likeness (QED) is 0.503. The topological polar surface area (TPSA) is 148 Å². The van der Waals surface area contributed by atoms with E-state index in [1.54, 1.807) is 24.3 Å². The molecule has 0 spiro atoms. The third-order valence-corrected chi connectivity index (χ3v) is 3.56. The molecule has 9 heteroatoms. The summed E-state index contributed by atoms with van der Waals surface area (Å²) in [5, 5.41) is 18.4. The number of esters is 1. The largest absolute Gasteiger partial charge is 0.480 e. The number of aliphatic hydroxyl groups is 1. The highest BCUT2D eigenvalue weighted by Crippen LogP contribution is 2.14. The van der Waals surface area contributed by atoms with Crippen molar-refractivity contribution in [1.82, 2.24) is 5.32 Å². The minimum absolute atomic E-state index is 0.134. The van der Waals surface area contributed by atoms with Crippen molar-refractivity contribution in [2.45, 2.75) is 18.7 Å². The van der Waals surface area contributed by atoms with E-state index in [2.05, 4.69) is 5.32 Å². The molecular formula is C20H24N2O7. The molecule has 0 aromatic heterocycles. The molecule has 9 nitrogen and oxygen atoms in total. The Morgan fingerprint density at radius 2 is 1.59 bits per heavy atom. The van der Waals surface area contributed by atoms with Gasteiger partial charge in [0.15, 0.2) is 6.04 Å². The summed E-state index contributed by atoms with van der Waals surface area (Å²) in [5.41, 5.74) is 6.26. The number of rotatable bonds is 7. The first-order valence-electron chi connectivity index (χ1n) is 8.58. The van der Waals surface area contributed by atoms with Gasteiger partial charge in [0, 0.05) is 0 Å². The van der Waals surface area contributed by atoms with E-state index in [1.165, 1.54) is 7.11 Å². The van der Waals surface area contributed by atoms with Crippen molar-refractivity contribution in [2.75, 3.05) is 13.7 Å². The van der Waals surface area contributed by atoms with Gasteiger partial charge >= 0.3 is 18.0 Å². The van der Waals surface area contributed by atoms with Gasteiger partial charge in [0.1, 0.15) is 12.6 Å². The summed E-state index contributed by atoms with van der Waals surface area (Å²) in [6, 6.07) is 16.1. The SMILES string of the molecule is COC(=O)[C@@H](NC(=O)OCc1ccccc1)c1ccccc1.NC(CO)C(=O)O. The van der Waals surface area contributed by atoms with Gasteiger partial charge in [-0.15, -0.1) is 0 Å². The van der Waals surface area contributed by atoms with E-state index >= 15 is 0 Å². The van der Waals surface area contributed by atoms with Gasteiger partial charge in [0.05, 0.1) is 13.7 Å². The highest BCUT2D eigenvalue weighted by atomic mass is 16.6. The standard InChI is InChI=1S/C17H17NO4.C3H7NO3/c1-21-16(19)15(14-10-6-3-7-11-14)18-17(20)22-12-13-8-4-2-5-9-13;4-2(1-5)3(6)7/h2-11,15H,12H2,1H3,(H,18,20);2,5H,1,4H2,(H,6,7)/t15-;/m0./s1. The molecule has 0 saturated heterocycles. The fourth-order valence-corrected chi connectivity index (χ4v) is 2.00. The Morgan fingerprint density at radius 3 is 2.03 bits per heavy atom. The van der Waals surface area contributed by atoms with Crippen LogP contribution in [0.5, 0.6) is 0 Å². The van der Waals surface area contributed by atoms with Gasteiger partial charge in [0.2, 0.25) is 0 Å². The van der Waals surface area contributed by atoms with Crippen LogP contribution in [-0.4, -0.2) is 48.0 Å². The Bertz CT molecular complexity index is 769. The predicted molar refractivity (Wildman–Crippen MR) is 104 cm³/mol. The van der Waals surface area contributed by atoms with Crippen molar-refractivity contribution in [3.63, 3.8) is 0 Å². The summed E-state index contributed by atoms with van der Waals surface area (Å²) < 4.78 is 9.84. The predicted octanol–water partition coefficient (Wildman–Crippen LogP) is 1.22. The molecule has 2 rings (SSSR count). The lowest BCUT2D eigenvalue weighted by atomic mass is 10.1. The van der Waals surface area contributed by atoms with E-state index in [0.29, 0.717) is 5.56 Å². The van der Waals surface area contributed by atoms with Gasteiger partial charge in [-0.05, 0) is 11.1 Å². The number of aliphatic carboxylic acids is 1. The number of carboxylic acid groups (broad SMARTS) is 1. The van der Waals surface area contributed by atoms with Crippen molar-refractivity contribution < 1.29 is 34.1 Å². The van der Waals surface area contributed by atoms with Crippen LogP contribution in [0.2, 0.25) is 0 Å². The second-order valence-corrected chi connectivity index (χ2v) is 5.70. The number of nitrogens with one attached hydrogen (secondary N) is 1. The maximum atomic E-state index is 11.9. The number of amides is 1. The first-order valence-corrected chi connectivity index (χ1v) is 8.58. The summed E-state index contributed by atoms with van der Waals surface area (Å²) in [6.45, 7) is -0.370. The molecule has 0 saturated carbocycles. The maximum Gasteiger partial charge on any atom is 0.408 e. The Morgan fingerprint density at radius 1 is 1.03 bits per heavy atom. The number of hydrogen-bond donors (Lipinski definition) is 4. The van der Waals surface area contributed by atoms with E-state index in [-0.39, 0.29) is 6.61 Å². The first-order chi connectivity index (χ1) is 13.9. The molecule has 2 aromatic rings. The summed E-state index contributed by atoms with van der Waals surface area (Å²) in [4.78, 5) is 33.4. The van der Waals surface area contributed by atoms with Crippen molar-refractivity contribution >= 4 is 18.0 Å². The van der Waals surface area contributed by atoms with Gasteiger partial charge < -0.3 is 30.7 Å². The Hall–Kier alpha value is -3.43. The third kappa shape index (κ3) is 8.87. The number of alkyl carbamates (subject to hydrolysis) is 1. The summed E-state index contributed by atoms with van der Waals surface area (Å²) in [7, 11) is 1.27. The van der Waals surface area contributed by atoms with E-state index in [1.807, 2.05) is 36.4 Å². The van der Waals surface area contributed by atoms with E-state index in [0.717, 1.165) is 5.56 Å². The lowest BCUT2D eigenvalue weighted by molar-refractivity contribution is -0.143. The molecule has 2 atom stereocenters. The lowest BCUT2D eigenvalue weighted by Gasteiger charge is -2.16. The van der Waals surface area contributed by atoms with Crippen LogP contribution in [0.15, 0.2) is 60.7 Å². The molecule has 0 aliphatic carbocycles. The normalized spacial score (nSPS) is 11.8. The fourth-order valence-electron chi connectivity index (χ4n) is 2.00. The molecule has 1 unspecified atom stereocenters. The fraction of sp³-hybridized carbons (Fsp3) is 0.250. The third-order valence-electron chi connectivity index (χ3n) is 3.56. The molecule has 0 fully saturated rings. The minimum atomic E-state index is -1.18. The van der Waals surface area contributed by atoms with E-state index in [9.17, 15) is 14.4 Å². The van der Waals surface area contributed by atoms with E-state index < -0.39 is 36.7 Å². The molecule has 0 radical (unpaired) electrons. The zero-order chi connectivity index (χ0) is 21.6. The average molecular weight is 404 g/mol. The van der Waals surface area contributed by atoms with Crippen LogP contribution in [0.3, 0.4) is 0 Å². The van der Waals surface area contributed by atoms with Crippen LogP contribution in [0.1, 0.15) is 17.2 Å². The highest BCUT2D eigenvalue weighted by molar-refractivity contribution is 5.82. The Labute approximate surface area is 168 Å². The zero-order valence-corrected chi connectivity index (χ0v) is 15.9. The summed E-state index contributed by atoms with van der Waals surface area (Å²) in [5.74, 6) is -1.73. The summed E-state index contributed by atoms with van der Waals surface area (Å²) in [6.07, 6.45) is -0.678. The zero-order valence-electron chi connectivity index (χ0n) is 15.9. The maximum absolute atomic E-state index is 11.9. The highest BCUT2D eigenvalue weighted by Gasteiger charge is 2.23. The van der Waals surface area contributed by atoms with Crippen LogP contribution in [-0.2, 0) is 25.7 Å². The number of benzene rings is 2. The molecule has 156 valence electrons. The number of carbonyl (C=O) groups is 3. The molecule has 0 bridgehead atoms. The van der Waals surface area contributed by atoms with E-state index in [4.69, 9.17) is 25.4 Å². The number of ether oxygens (including phenoxy) is 2. The van der Waals surface area contributed by atoms with Crippen LogP contribution < -0.4 is 11.1 Å². The Balaban J connectivity index is 0.000000516. The number of nitrogens with two attached hydrogens (primary N) is 1. The Kier molecular flexibility index (Phi) is 10.5. The molecule has 1 amide bonds. The van der Waals surface area contributed by atoms with Crippen LogP contribution in [0, 0.1) is 0 Å². The van der Waals surface area contributed by atoms with Crippen molar-refractivity contribution in [2.24, 2.45) is 5.73 Å². The van der Waals surface area contributed by atoms with Crippen LogP contribution >= 0.6 is 0 Å². The first kappa shape index (κ1) is 23.6.